The number of hydrogen-bond acceptors (Lipinski definition) is 4. The van der Waals surface area contributed by atoms with E-state index in [2.05, 4.69) is 9.84 Å². The number of aryl methyl sites for hydroxylation is 1. The van der Waals surface area contributed by atoms with Crippen LogP contribution >= 0.6 is 0 Å². The summed E-state index contributed by atoms with van der Waals surface area (Å²) in [6.07, 6.45) is 0. The van der Waals surface area contributed by atoms with Gasteiger partial charge in [0.1, 0.15) is 11.5 Å². The maximum Gasteiger partial charge on any atom is 0.387 e. The topological polar surface area (TPSA) is 53.3 Å². The van der Waals surface area contributed by atoms with Crippen LogP contribution in [0.2, 0.25) is 0 Å². The first-order chi connectivity index (χ1) is 10.4. The van der Waals surface area contributed by atoms with Gasteiger partial charge in [-0.25, -0.2) is 9.18 Å². The van der Waals surface area contributed by atoms with Crippen molar-refractivity contribution in [1.82, 2.24) is 9.78 Å². The molecule has 2 aromatic rings. The number of esters is 1. The Kier molecular flexibility index (Phi) is 4.69. The Balaban J connectivity index is 2.56. The Labute approximate surface area is 124 Å². The minimum absolute atomic E-state index is 0.0649. The molecular weight excluding hydrogens is 301 g/mol. The summed E-state index contributed by atoms with van der Waals surface area (Å²) in [4.78, 5) is 11.8. The normalized spacial score (nSPS) is 10.8. The highest BCUT2D eigenvalue weighted by atomic mass is 19.3. The first-order valence-electron chi connectivity index (χ1n) is 6.39. The minimum atomic E-state index is -3.14. The second kappa shape index (κ2) is 6.50. The Morgan fingerprint density at radius 2 is 1.95 bits per heavy atom. The number of carbonyl (C=O) groups excluding carboxylic acids is 1. The molecular formula is C14H13F3N2O3. The molecule has 0 fully saturated rings. The quantitative estimate of drug-likeness (QED) is 0.796. The van der Waals surface area contributed by atoms with Crippen LogP contribution in [0.5, 0.6) is 5.75 Å². The summed E-state index contributed by atoms with van der Waals surface area (Å²) >= 11 is 0. The Bertz CT molecular complexity index is 669. The molecule has 0 saturated heterocycles. The molecule has 0 radical (unpaired) electrons. The number of carbonyl (C=O) groups is 1. The average Bonchev–Trinajstić information content (AvgIpc) is 2.76. The lowest BCUT2D eigenvalue weighted by molar-refractivity contribution is -0.0500. The third-order valence-corrected chi connectivity index (χ3v) is 2.80. The Morgan fingerprint density at radius 1 is 1.32 bits per heavy atom. The van der Waals surface area contributed by atoms with Crippen LogP contribution in [-0.4, -0.2) is 29.0 Å². The maximum absolute atomic E-state index is 13.0. The van der Waals surface area contributed by atoms with Gasteiger partial charge in [0.05, 0.1) is 6.61 Å². The number of alkyl halides is 2. The van der Waals surface area contributed by atoms with Crippen molar-refractivity contribution in [2.75, 3.05) is 6.61 Å². The molecule has 5 nitrogen and oxygen atoms in total. The molecule has 0 atom stereocenters. The summed E-state index contributed by atoms with van der Waals surface area (Å²) in [5.74, 6) is -1.75. The molecule has 0 aliphatic heterocycles. The van der Waals surface area contributed by atoms with Crippen LogP contribution in [-0.2, 0) is 11.8 Å². The highest BCUT2D eigenvalue weighted by Crippen LogP contribution is 2.34. The Hall–Kier alpha value is -2.51. The fraction of sp³-hybridized carbons (Fsp3) is 0.286. The van der Waals surface area contributed by atoms with E-state index < -0.39 is 24.1 Å². The molecule has 0 aliphatic carbocycles. The van der Waals surface area contributed by atoms with E-state index >= 15 is 0 Å². The molecule has 0 N–H and O–H groups in total. The molecule has 0 aliphatic rings. The SMILES string of the molecule is CCOC(=O)c1nn(C)c(-c2ccc(F)cc2)c1OC(F)F. The zero-order valence-corrected chi connectivity index (χ0v) is 11.8. The lowest BCUT2D eigenvalue weighted by Gasteiger charge is -2.08. The molecule has 2 rings (SSSR count). The number of benzene rings is 1. The van der Waals surface area contributed by atoms with Crippen LogP contribution in [0.3, 0.4) is 0 Å². The molecule has 0 unspecified atom stereocenters. The second-order valence-electron chi connectivity index (χ2n) is 4.26. The van der Waals surface area contributed by atoms with Crippen molar-refractivity contribution in [3.8, 4) is 17.0 Å². The number of ether oxygens (including phenoxy) is 2. The van der Waals surface area contributed by atoms with Crippen LogP contribution in [0.4, 0.5) is 13.2 Å². The van der Waals surface area contributed by atoms with Gasteiger partial charge in [0.2, 0.25) is 5.69 Å². The first kappa shape index (κ1) is 15.9. The smallest absolute Gasteiger partial charge is 0.387 e. The summed E-state index contributed by atoms with van der Waals surface area (Å²) in [7, 11) is 1.46. The van der Waals surface area contributed by atoms with Gasteiger partial charge < -0.3 is 9.47 Å². The molecule has 1 aromatic heterocycles. The highest BCUT2D eigenvalue weighted by molar-refractivity contribution is 5.93. The fourth-order valence-electron chi connectivity index (χ4n) is 1.96. The van der Waals surface area contributed by atoms with E-state index in [-0.39, 0.29) is 18.0 Å². The van der Waals surface area contributed by atoms with Gasteiger partial charge in [-0.2, -0.15) is 13.9 Å². The monoisotopic (exact) mass is 314 g/mol. The zero-order chi connectivity index (χ0) is 16.3. The van der Waals surface area contributed by atoms with Crippen LogP contribution < -0.4 is 4.74 Å². The lowest BCUT2D eigenvalue weighted by Crippen LogP contribution is -2.10. The van der Waals surface area contributed by atoms with Crippen molar-refractivity contribution in [1.29, 1.82) is 0 Å². The van der Waals surface area contributed by atoms with Gasteiger partial charge in [0.15, 0.2) is 5.75 Å². The van der Waals surface area contributed by atoms with Crippen LogP contribution in [0.25, 0.3) is 11.3 Å². The van der Waals surface area contributed by atoms with Gasteiger partial charge in [0.25, 0.3) is 0 Å². The molecule has 0 amide bonds. The van der Waals surface area contributed by atoms with Crippen molar-refractivity contribution < 1.29 is 27.4 Å². The number of hydrogen-bond donors (Lipinski definition) is 0. The van der Waals surface area contributed by atoms with E-state index in [1.165, 1.54) is 36.0 Å². The Morgan fingerprint density at radius 3 is 2.50 bits per heavy atom. The van der Waals surface area contributed by atoms with E-state index in [1.54, 1.807) is 6.92 Å². The molecule has 8 heteroatoms. The summed E-state index contributed by atoms with van der Waals surface area (Å²) in [5, 5.41) is 3.87. The average molecular weight is 314 g/mol. The zero-order valence-electron chi connectivity index (χ0n) is 11.8. The van der Waals surface area contributed by atoms with Crippen molar-refractivity contribution in [3.63, 3.8) is 0 Å². The lowest BCUT2D eigenvalue weighted by atomic mass is 10.1. The van der Waals surface area contributed by atoms with E-state index in [9.17, 15) is 18.0 Å². The number of halogens is 3. The highest BCUT2D eigenvalue weighted by Gasteiger charge is 2.27. The summed E-state index contributed by atoms with van der Waals surface area (Å²) in [5.41, 5.74) is 0.148. The fourth-order valence-corrected chi connectivity index (χ4v) is 1.96. The van der Waals surface area contributed by atoms with Crippen LogP contribution in [0.15, 0.2) is 24.3 Å². The van der Waals surface area contributed by atoms with E-state index in [0.29, 0.717) is 5.56 Å². The summed E-state index contributed by atoms with van der Waals surface area (Å²) in [6.45, 7) is -1.50. The third-order valence-electron chi connectivity index (χ3n) is 2.80. The molecule has 0 bridgehead atoms. The summed E-state index contributed by atoms with van der Waals surface area (Å²) in [6, 6.07) is 5.08. The molecule has 1 aromatic carbocycles. The summed E-state index contributed by atoms with van der Waals surface area (Å²) < 4.78 is 48.7. The van der Waals surface area contributed by atoms with Crippen molar-refractivity contribution in [2.45, 2.75) is 13.5 Å². The van der Waals surface area contributed by atoms with Gasteiger partial charge in [-0.05, 0) is 31.2 Å². The van der Waals surface area contributed by atoms with Crippen molar-refractivity contribution in [2.24, 2.45) is 7.05 Å². The minimum Gasteiger partial charge on any atom is -0.461 e. The van der Waals surface area contributed by atoms with Gasteiger partial charge in [-0.15, -0.1) is 0 Å². The molecule has 118 valence electrons. The standard InChI is InChI=1S/C14H13F3N2O3/c1-3-21-13(20)10-12(22-14(16)17)11(19(2)18-10)8-4-6-9(15)7-5-8/h4-7,14H,3H2,1-2H3. The second-order valence-corrected chi connectivity index (χ2v) is 4.26. The molecule has 0 spiro atoms. The largest absolute Gasteiger partial charge is 0.461 e. The predicted molar refractivity (Wildman–Crippen MR) is 71.2 cm³/mol. The molecule has 22 heavy (non-hydrogen) atoms. The van der Waals surface area contributed by atoms with Gasteiger partial charge in [-0.3, -0.25) is 4.68 Å². The van der Waals surface area contributed by atoms with Gasteiger partial charge >= 0.3 is 12.6 Å². The predicted octanol–water partition coefficient (Wildman–Crippen LogP) is 3.00. The van der Waals surface area contributed by atoms with E-state index in [1.807, 2.05) is 0 Å². The van der Waals surface area contributed by atoms with Gasteiger partial charge in [0, 0.05) is 12.6 Å². The van der Waals surface area contributed by atoms with Crippen LogP contribution in [0, 0.1) is 5.82 Å². The van der Waals surface area contributed by atoms with E-state index in [0.717, 1.165) is 0 Å². The number of nitrogens with zero attached hydrogens (tertiary/aromatic N) is 2. The molecule has 0 saturated carbocycles. The number of aromatic nitrogens is 2. The molecule has 1 heterocycles. The third kappa shape index (κ3) is 3.21. The van der Waals surface area contributed by atoms with E-state index in [4.69, 9.17) is 4.74 Å². The maximum atomic E-state index is 13.0. The van der Waals surface area contributed by atoms with Crippen LogP contribution in [0.1, 0.15) is 17.4 Å². The van der Waals surface area contributed by atoms with Crippen molar-refractivity contribution >= 4 is 5.97 Å². The van der Waals surface area contributed by atoms with Crippen molar-refractivity contribution in [3.05, 3.63) is 35.8 Å². The first-order valence-corrected chi connectivity index (χ1v) is 6.39. The number of rotatable bonds is 5. The van der Waals surface area contributed by atoms with Gasteiger partial charge in [-0.1, -0.05) is 0 Å².